The fourth-order valence-corrected chi connectivity index (χ4v) is 4.41. The third kappa shape index (κ3) is 3.56. The quantitative estimate of drug-likeness (QED) is 0.562. The van der Waals surface area contributed by atoms with E-state index in [1.54, 1.807) is 0 Å². The van der Waals surface area contributed by atoms with Crippen molar-refractivity contribution in [2.75, 3.05) is 31.2 Å². The molecule has 29 heavy (non-hydrogen) atoms. The van der Waals surface area contributed by atoms with Crippen molar-refractivity contribution in [1.82, 2.24) is 19.7 Å². The molecule has 148 valence electrons. The summed E-state index contributed by atoms with van der Waals surface area (Å²) in [5.74, 6) is 0.908. The van der Waals surface area contributed by atoms with E-state index in [2.05, 4.69) is 33.9 Å². The number of hydrogen-bond donors (Lipinski definition) is 1. The Labute approximate surface area is 171 Å². The van der Waals surface area contributed by atoms with Crippen LogP contribution in [0.25, 0.3) is 16.0 Å². The van der Waals surface area contributed by atoms with E-state index in [9.17, 15) is 4.79 Å². The average molecular weight is 407 g/mol. The Kier molecular flexibility index (Phi) is 4.65. The second-order valence-corrected chi connectivity index (χ2v) is 8.17. The number of H-pyrrole nitrogens is 1. The summed E-state index contributed by atoms with van der Waals surface area (Å²) in [5, 5.41) is 4.74. The van der Waals surface area contributed by atoms with Crippen LogP contribution in [-0.4, -0.2) is 46.1 Å². The molecular weight excluding hydrogens is 386 g/mol. The van der Waals surface area contributed by atoms with Gasteiger partial charge in [0.2, 0.25) is 0 Å². The number of thiazole rings is 1. The SMILES string of the molecule is CC(c1ccc2[nH]c(=O)sc2c1)c1ccn(-c2ccc(N3CCOCC3)cn2)n1. The van der Waals surface area contributed by atoms with Gasteiger partial charge < -0.3 is 14.6 Å². The molecule has 1 saturated heterocycles. The molecule has 4 aromatic rings. The van der Waals surface area contributed by atoms with Gasteiger partial charge in [-0.2, -0.15) is 5.10 Å². The van der Waals surface area contributed by atoms with Gasteiger partial charge in [-0.05, 0) is 35.9 Å². The van der Waals surface area contributed by atoms with Crippen molar-refractivity contribution in [2.24, 2.45) is 0 Å². The normalized spacial score (nSPS) is 15.7. The highest BCUT2D eigenvalue weighted by Crippen LogP contribution is 2.27. The van der Waals surface area contributed by atoms with Crippen LogP contribution >= 0.6 is 11.3 Å². The monoisotopic (exact) mass is 407 g/mol. The Morgan fingerprint density at radius 3 is 2.83 bits per heavy atom. The first-order valence-electron chi connectivity index (χ1n) is 9.65. The van der Waals surface area contributed by atoms with E-state index < -0.39 is 0 Å². The summed E-state index contributed by atoms with van der Waals surface area (Å²) >= 11 is 1.24. The van der Waals surface area contributed by atoms with Gasteiger partial charge >= 0.3 is 4.87 Å². The minimum absolute atomic E-state index is 0.0271. The number of nitrogens with zero attached hydrogens (tertiary/aromatic N) is 4. The Hall–Kier alpha value is -2.97. The van der Waals surface area contributed by atoms with E-state index in [0.717, 1.165) is 59.3 Å². The van der Waals surface area contributed by atoms with Crippen molar-refractivity contribution in [2.45, 2.75) is 12.8 Å². The molecule has 1 aliphatic rings. The van der Waals surface area contributed by atoms with E-state index >= 15 is 0 Å². The van der Waals surface area contributed by atoms with Crippen LogP contribution in [-0.2, 0) is 4.74 Å². The predicted octanol–water partition coefficient (Wildman–Crippen LogP) is 3.16. The molecule has 1 unspecified atom stereocenters. The highest BCUT2D eigenvalue weighted by atomic mass is 32.1. The Bertz CT molecular complexity index is 1190. The van der Waals surface area contributed by atoms with E-state index in [1.165, 1.54) is 11.3 Å². The molecule has 0 saturated carbocycles. The Morgan fingerprint density at radius 2 is 2.03 bits per heavy atom. The first-order chi connectivity index (χ1) is 14.2. The number of nitrogens with one attached hydrogen (secondary N) is 1. The van der Waals surface area contributed by atoms with Gasteiger partial charge in [-0.25, -0.2) is 9.67 Å². The van der Waals surface area contributed by atoms with Crippen LogP contribution in [0.4, 0.5) is 5.69 Å². The molecule has 0 aliphatic carbocycles. The lowest BCUT2D eigenvalue weighted by Crippen LogP contribution is -2.36. The smallest absolute Gasteiger partial charge is 0.305 e. The van der Waals surface area contributed by atoms with Crippen molar-refractivity contribution < 1.29 is 4.74 Å². The van der Waals surface area contributed by atoms with Gasteiger partial charge in [0, 0.05) is 25.2 Å². The molecule has 1 aromatic carbocycles. The Morgan fingerprint density at radius 1 is 1.17 bits per heavy atom. The average Bonchev–Trinajstić information content (AvgIpc) is 3.39. The molecular formula is C21H21N5O2S. The number of aromatic nitrogens is 4. The lowest BCUT2D eigenvalue weighted by Gasteiger charge is -2.28. The molecule has 1 N–H and O–H groups in total. The summed E-state index contributed by atoms with van der Waals surface area (Å²) in [6.45, 7) is 5.43. The largest absolute Gasteiger partial charge is 0.378 e. The van der Waals surface area contributed by atoms with E-state index in [4.69, 9.17) is 9.84 Å². The summed E-state index contributed by atoms with van der Waals surface area (Å²) in [4.78, 5) is 21.2. The van der Waals surface area contributed by atoms with Crippen LogP contribution < -0.4 is 9.77 Å². The zero-order chi connectivity index (χ0) is 19.8. The van der Waals surface area contributed by atoms with Gasteiger partial charge in [0.25, 0.3) is 0 Å². The third-order valence-electron chi connectivity index (χ3n) is 5.34. The highest BCUT2D eigenvalue weighted by molar-refractivity contribution is 7.16. The van der Waals surface area contributed by atoms with Crippen molar-refractivity contribution in [3.63, 3.8) is 0 Å². The first kappa shape index (κ1) is 18.1. The first-order valence-corrected chi connectivity index (χ1v) is 10.5. The van der Waals surface area contributed by atoms with Crippen LogP contribution in [0.2, 0.25) is 0 Å². The lowest BCUT2D eigenvalue weighted by molar-refractivity contribution is 0.122. The molecule has 4 heterocycles. The van der Waals surface area contributed by atoms with Crippen LogP contribution in [0.3, 0.4) is 0 Å². The second kappa shape index (κ2) is 7.46. The maximum absolute atomic E-state index is 11.6. The standard InChI is InChI=1S/C21H21N5O2S/c1-14(15-2-4-18-19(12-15)29-21(27)23-18)17-6-7-26(24-17)20-5-3-16(13-22-20)25-8-10-28-11-9-25/h2-7,12-14H,8-11H2,1H3,(H,23,27). The molecule has 3 aromatic heterocycles. The molecule has 0 radical (unpaired) electrons. The fourth-order valence-electron chi connectivity index (χ4n) is 3.62. The van der Waals surface area contributed by atoms with Crippen molar-refractivity contribution in [3.8, 4) is 5.82 Å². The number of aromatic amines is 1. The van der Waals surface area contributed by atoms with E-state index in [0.29, 0.717) is 0 Å². The topological polar surface area (TPSA) is 76.0 Å². The summed E-state index contributed by atoms with van der Waals surface area (Å²) in [7, 11) is 0. The van der Waals surface area contributed by atoms with Crippen molar-refractivity contribution >= 4 is 27.2 Å². The maximum atomic E-state index is 11.6. The summed E-state index contributed by atoms with van der Waals surface area (Å²) in [6.07, 6.45) is 3.84. The van der Waals surface area contributed by atoms with Crippen molar-refractivity contribution in [3.05, 3.63) is 69.7 Å². The number of fused-ring (bicyclic) bond motifs is 1. The van der Waals surface area contributed by atoms with Gasteiger partial charge in [-0.15, -0.1) is 0 Å². The number of ether oxygens (including phenoxy) is 1. The van der Waals surface area contributed by atoms with Crippen LogP contribution in [0, 0.1) is 0 Å². The zero-order valence-corrected chi connectivity index (χ0v) is 16.9. The number of benzene rings is 1. The molecule has 1 atom stereocenters. The molecule has 8 heteroatoms. The van der Waals surface area contributed by atoms with Gasteiger partial charge in [-0.3, -0.25) is 4.79 Å². The van der Waals surface area contributed by atoms with Gasteiger partial charge in [0.05, 0.1) is 41.0 Å². The number of rotatable bonds is 4. The van der Waals surface area contributed by atoms with Gasteiger partial charge in [-0.1, -0.05) is 24.3 Å². The number of pyridine rings is 1. The number of morpholine rings is 1. The van der Waals surface area contributed by atoms with Crippen LogP contribution in [0.1, 0.15) is 24.1 Å². The minimum Gasteiger partial charge on any atom is -0.378 e. The van der Waals surface area contributed by atoms with E-state index in [-0.39, 0.29) is 10.8 Å². The molecule has 1 aliphatic heterocycles. The zero-order valence-electron chi connectivity index (χ0n) is 16.0. The molecule has 0 amide bonds. The third-order valence-corrected chi connectivity index (χ3v) is 6.19. The predicted molar refractivity (Wildman–Crippen MR) is 114 cm³/mol. The maximum Gasteiger partial charge on any atom is 0.305 e. The van der Waals surface area contributed by atoms with Gasteiger partial charge in [0.15, 0.2) is 5.82 Å². The molecule has 0 spiro atoms. The Balaban J connectivity index is 1.37. The highest BCUT2D eigenvalue weighted by Gasteiger charge is 2.15. The number of hydrogen-bond acceptors (Lipinski definition) is 6. The number of anilines is 1. The van der Waals surface area contributed by atoms with Crippen molar-refractivity contribution in [1.29, 1.82) is 0 Å². The molecule has 1 fully saturated rings. The summed E-state index contributed by atoms with van der Waals surface area (Å²) < 4.78 is 8.19. The lowest BCUT2D eigenvalue weighted by atomic mass is 9.98. The summed E-state index contributed by atoms with van der Waals surface area (Å²) in [5.41, 5.74) is 4.09. The molecule has 7 nitrogen and oxygen atoms in total. The van der Waals surface area contributed by atoms with Crippen LogP contribution in [0.5, 0.6) is 0 Å². The minimum atomic E-state index is -0.0271. The van der Waals surface area contributed by atoms with Gasteiger partial charge in [0.1, 0.15) is 0 Å². The van der Waals surface area contributed by atoms with Crippen LogP contribution in [0.15, 0.2) is 53.6 Å². The van der Waals surface area contributed by atoms with E-state index in [1.807, 2.05) is 41.3 Å². The summed E-state index contributed by atoms with van der Waals surface area (Å²) in [6, 6.07) is 12.2. The second-order valence-electron chi connectivity index (χ2n) is 7.15. The molecule has 5 rings (SSSR count). The molecule has 0 bridgehead atoms. The fraction of sp³-hybridized carbons (Fsp3) is 0.286.